The van der Waals surface area contributed by atoms with Crippen molar-refractivity contribution in [2.75, 3.05) is 5.32 Å². The number of ketones is 1. The van der Waals surface area contributed by atoms with Crippen LogP contribution < -0.4 is 5.32 Å². The number of carbonyl (C=O) groups is 1. The molecule has 3 aromatic rings. The Balaban J connectivity index is 1.68. The van der Waals surface area contributed by atoms with E-state index in [1.165, 1.54) is 11.8 Å². The number of aromatic nitrogens is 2. The molecule has 37 heavy (non-hydrogen) atoms. The quantitative estimate of drug-likeness (QED) is 0.279. The minimum Gasteiger partial charge on any atom is -0.363 e. The van der Waals surface area contributed by atoms with E-state index in [2.05, 4.69) is 49.4 Å². The van der Waals surface area contributed by atoms with E-state index in [0.717, 1.165) is 47.9 Å². The van der Waals surface area contributed by atoms with E-state index in [1.54, 1.807) is 0 Å². The van der Waals surface area contributed by atoms with Crippen LogP contribution in [-0.2, 0) is 11.8 Å². The van der Waals surface area contributed by atoms with Gasteiger partial charge in [0.15, 0.2) is 11.8 Å². The number of nitrogens with one attached hydrogen (secondary N) is 1. The van der Waals surface area contributed by atoms with Gasteiger partial charge in [-0.1, -0.05) is 81.8 Å². The second-order valence-electron chi connectivity index (χ2n) is 10.1. The molecule has 2 heterocycles. The Morgan fingerprint density at radius 3 is 2.43 bits per heavy atom. The fourth-order valence-electron chi connectivity index (χ4n) is 5.52. The van der Waals surface area contributed by atoms with Crippen molar-refractivity contribution in [2.24, 2.45) is 0 Å². The monoisotopic (exact) mass is 511 g/mol. The molecule has 0 aliphatic carbocycles. The Morgan fingerprint density at radius 1 is 1.05 bits per heavy atom. The molecular weight excluding hydrogens is 475 g/mol. The number of unbranched alkanes of at least 4 members (excludes halogenated alkanes) is 1. The van der Waals surface area contributed by atoms with E-state index in [0.29, 0.717) is 0 Å². The van der Waals surface area contributed by atoms with Crippen LogP contribution in [0.1, 0.15) is 98.4 Å². The van der Waals surface area contributed by atoms with Crippen molar-refractivity contribution in [3.05, 3.63) is 83.0 Å². The van der Waals surface area contributed by atoms with Gasteiger partial charge in [0.05, 0.1) is 17.8 Å². The molecule has 7 heteroatoms. The van der Waals surface area contributed by atoms with Crippen molar-refractivity contribution in [1.82, 2.24) is 9.78 Å². The topological polar surface area (TPSA) is 46.9 Å². The lowest BCUT2D eigenvalue weighted by atomic mass is 9.71. The summed E-state index contributed by atoms with van der Waals surface area (Å²) in [6.07, 6.45) is 1.56. The fourth-order valence-corrected chi connectivity index (χ4v) is 5.52. The largest absolute Gasteiger partial charge is 0.410 e. The Bertz CT molecular complexity index is 1200. The summed E-state index contributed by atoms with van der Waals surface area (Å²) in [5.74, 6) is -0.0312. The van der Waals surface area contributed by atoms with Crippen molar-refractivity contribution in [3.8, 4) is 0 Å². The van der Waals surface area contributed by atoms with Crippen molar-refractivity contribution in [2.45, 2.75) is 89.4 Å². The second kappa shape index (κ2) is 11.1. The van der Waals surface area contributed by atoms with Crippen LogP contribution in [0.5, 0.6) is 0 Å². The molecule has 2 aromatic carbocycles. The van der Waals surface area contributed by atoms with Gasteiger partial charge < -0.3 is 5.32 Å². The van der Waals surface area contributed by atoms with E-state index in [1.807, 2.05) is 36.4 Å². The fraction of sp³-hybridized carbons (Fsp3) is 0.467. The van der Waals surface area contributed by atoms with Gasteiger partial charge in [-0.25, -0.2) is 4.68 Å². The van der Waals surface area contributed by atoms with Gasteiger partial charge in [0.1, 0.15) is 5.82 Å². The molecule has 4 rings (SSSR count). The predicted molar refractivity (Wildman–Crippen MR) is 141 cm³/mol. The molecule has 1 aliphatic rings. The van der Waals surface area contributed by atoms with Gasteiger partial charge in [0.2, 0.25) is 0 Å². The Kier molecular flexibility index (Phi) is 8.10. The van der Waals surface area contributed by atoms with Gasteiger partial charge in [-0.05, 0) is 42.4 Å². The number of nitrogens with zero attached hydrogens (tertiary/aromatic N) is 2. The van der Waals surface area contributed by atoms with Gasteiger partial charge in [-0.15, -0.1) is 0 Å². The molecule has 0 saturated heterocycles. The smallest absolute Gasteiger partial charge is 0.363 e. The zero-order valence-corrected chi connectivity index (χ0v) is 21.8. The minimum atomic E-state index is -4.48. The lowest BCUT2D eigenvalue weighted by Crippen LogP contribution is -2.36. The molecule has 2 atom stereocenters. The van der Waals surface area contributed by atoms with Crippen LogP contribution in [0.2, 0.25) is 0 Å². The summed E-state index contributed by atoms with van der Waals surface area (Å²) in [5.41, 5.74) is 2.95. The normalized spacial score (nSPS) is 17.8. The molecular formula is C30H36F3N3O. The zero-order chi connectivity index (χ0) is 26.6. The number of benzene rings is 2. The Morgan fingerprint density at radius 2 is 1.78 bits per heavy atom. The van der Waals surface area contributed by atoms with Crippen LogP contribution in [0.25, 0.3) is 0 Å². The summed E-state index contributed by atoms with van der Waals surface area (Å²) >= 11 is 0. The average Bonchev–Trinajstić information content (AvgIpc) is 3.34. The van der Waals surface area contributed by atoms with Crippen LogP contribution in [0, 0.1) is 0 Å². The number of halogens is 3. The molecule has 0 bridgehead atoms. The van der Waals surface area contributed by atoms with Crippen LogP contribution in [-0.4, -0.2) is 21.7 Å². The maximum atomic E-state index is 14.1. The lowest BCUT2D eigenvalue weighted by molar-refractivity contribution is -0.173. The number of hydrogen-bond donors (Lipinski definition) is 1. The first-order valence-corrected chi connectivity index (χ1v) is 13.3. The molecule has 1 aromatic heterocycles. The SMILES string of the molecule is CCCCc1cccc(C(CC)(CC)CC(=O)c2cnn3c2NC(c2ccccc2)CC3C(F)(F)F)c1. The number of aryl methyl sites for hydroxylation is 1. The summed E-state index contributed by atoms with van der Waals surface area (Å²) in [4.78, 5) is 13.8. The first kappa shape index (κ1) is 27.0. The second-order valence-corrected chi connectivity index (χ2v) is 10.1. The van der Waals surface area contributed by atoms with E-state index < -0.39 is 23.7 Å². The average molecular weight is 512 g/mol. The molecule has 0 radical (unpaired) electrons. The van der Waals surface area contributed by atoms with Gasteiger partial charge >= 0.3 is 6.18 Å². The molecule has 1 N–H and O–H groups in total. The molecule has 1 aliphatic heterocycles. The molecule has 0 saturated carbocycles. The summed E-state index contributed by atoms with van der Waals surface area (Å²) in [6, 6.07) is 15.1. The first-order valence-electron chi connectivity index (χ1n) is 13.3. The van der Waals surface area contributed by atoms with Crippen molar-refractivity contribution >= 4 is 11.6 Å². The van der Waals surface area contributed by atoms with Crippen LogP contribution in [0.4, 0.5) is 19.0 Å². The van der Waals surface area contributed by atoms with Crippen LogP contribution in [0.15, 0.2) is 60.8 Å². The standard InChI is InChI=1S/C30H36F3N3O/c1-4-7-12-21-13-11-16-23(17-21)29(5-2,6-3)19-26(37)24-20-34-36-27(30(31,32)33)18-25(35-28(24)36)22-14-9-8-10-15-22/h8-11,13-17,20,25,27,35H,4-7,12,18-19H2,1-3H3. The number of rotatable bonds is 10. The highest BCUT2D eigenvalue weighted by Crippen LogP contribution is 2.45. The third-order valence-corrected chi connectivity index (χ3v) is 7.95. The molecule has 198 valence electrons. The predicted octanol–water partition coefficient (Wildman–Crippen LogP) is 8.22. The number of alkyl halides is 3. The van der Waals surface area contributed by atoms with E-state index in [9.17, 15) is 18.0 Å². The highest BCUT2D eigenvalue weighted by atomic mass is 19.4. The van der Waals surface area contributed by atoms with Crippen LogP contribution in [0.3, 0.4) is 0 Å². The number of fused-ring (bicyclic) bond motifs is 1. The summed E-state index contributed by atoms with van der Waals surface area (Å²) in [5, 5.41) is 7.29. The molecule has 0 amide bonds. The van der Waals surface area contributed by atoms with Gasteiger partial charge in [0.25, 0.3) is 0 Å². The number of carbonyl (C=O) groups excluding carboxylic acids is 1. The Labute approximate surface area is 217 Å². The highest BCUT2D eigenvalue weighted by Gasteiger charge is 2.47. The van der Waals surface area contributed by atoms with E-state index >= 15 is 0 Å². The van der Waals surface area contributed by atoms with E-state index in [4.69, 9.17) is 0 Å². The number of anilines is 1. The maximum Gasteiger partial charge on any atom is 0.410 e. The van der Waals surface area contributed by atoms with Crippen molar-refractivity contribution < 1.29 is 18.0 Å². The summed E-state index contributed by atoms with van der Waals surface area (Å²) < 4.78 is 43.2. The van der Waals surface area contributed by atoms with Gasteiger partial charge in [-0.2, -0.15) is 18.3 Å². The van der Waals surface area contributed by atoms with E-state index in [-0.39, 0.29) is 30.0 Å². The van der Waals surface area contributed by atoms with Crippen molar-refractivity contribution in [3.63, 3.8) is 0 Å². The Hall–Kier alpha value is -3.09. The molecule has 4 nitrogen and oxygen atoms in total. The zero-order valence-electron chi connectivity index (χ0n) is 21.8. The lowest BCUT2D eigenvalue weighted by Gasteiger charge is -2.35. The third kappa shape index (κ3) is 5.60. The summed E-state index contributed by atoms with van der Waals surface area (Å²) in [7, 11) is 0. The van der Waals surface area contributed by atoms with Gasteiger partial charge in [-0.3, -0.25) is 4.79 Å². The number of hydrogen-bond acceptors (Lipinski definition) is 3. The maximum absolute atomic E-state index is 14.1. The van der Waals surface area contributed by atoms with Crippen LogP contribution >= 0.6 is 0 Å². The number of Topliss-reactive ketones (excluding diaryl/α,β-unsaturated/α-hetero) is 1. The summed E-state index contributed by atoms with van der Waals surface area (Å²) in [6.45, 7) is 6.32. The molecule has 0 fully saturated rings. The third-order valence-electron chi connectivity index (χ3n) is 7.95. The molecule has 2 unspecified atom stereocenters. The van der Waals surface area contributed by atoms with Gasteiger partial charge in [0, 0.05) is 18.3 Å². The molecule has 0 spiro atoms. The van der Waals surface area contributed by atoms with Crippen molar-refractivity contribution in [1.29, 1.82) is 0 Å². The minimum absolute atomic E-state index is 0.158. The highest BCUT2D eigenvalue weighted by molar-refractivity contribution is 6.01. The first-order chi connectivity index (χ1) is 17.7.